The molecular weight excluding hydrogens is 362 g/mol. The molecule has 0 aromatic carbocycles. The van der Waals surface area contributed by atoms with E-state index in [4.69, 9.17) is 9.72 Å². The lowest BCUT2D eigenvalue weighted by Gasteiger charge is -2.37. The fourth-order valence-corrected chi connectivity index (χ4v) is 4.70. The zero-order valence-corrected chi connectivity index (χ0v) is 19.0. The summed E-state index contributed by atoms with van der Waals surface area (Å²) in [6.07, 6.45) is 9.82. The summed E-state index contributed by atoms with van der Waals surface area (Å²) in [5, 5.41) is 0. The van der Waals surface area contributed by atoms with E-state index in [-0.39, 0.29) is 12.1 Å². The predicted molar refractivity (Wildman–Crippen MR) is 118 cm³/mol. The average molecular weight is 402 g/mol. The van der Waals surface area contributed by atoms with Crippen LogP contribution >= 0.6 is 0 Å². The highest BCUT2D eigenvalue weighted by atomic mass is 16.6. The number of carbonyl (C=O) groups excluding carboxylic acids is 1. The van der Waals surface area contributed by atoms with Crippen LogP contribution < -0.4 is 4.90 Å². The molecule has 5 heteroatoms. The van der Waals surface area contributed by atoms with Crippen molar-refractivity contribution in [3.05, 3.63) is 23.9 Å². The molecule has 1 unspecified atom stereocenters. The molecule has 1 saturated heterocycles. The van der Waals surface area contributed by atoms with Crippen LogP contribution in [-0.4, -0.2) is 40.7 Å². The summed E-state index contributed by atoms with van der Waals surface area (Å²) in [5.41, 5.74) is 0.762. The van der Waals surface area contributed by atoms with E-state index < -0.39 is 5.60 Å². The van der Waals surface area contributed by atoms with Crippen molar-refractivity contribution in [1.82, 2.24) is 9.88 Å². The van der Waals surface area contributed by atoms with Crippen molar-refractivity contribution in [1.29, 1.82) is 0 Å². The summed E-state index contributed by atoms with van der Waals surface area (Å²) in [6, 6.07) is 4.84. The van der Waals surface area contributed by atoms with E-state index in [9.17, 15) is 4.79 Å². The van der Waals surface area contributed by atoms with E-state index in [1.807, 2.05) is 33.0 Å². The number of piperidine rings is 1. The lowest BCUT2D eigenvalue weighted by molar-refractivity contribution is 0.0564. The maximum atomic E-state index is 13.0. The van der Waals surface area contributed by atoms with Crippen molar-refractivity contribution in [2.24, 2.45) is 5.92 Å². The Kier molecular flexibility index (Phi) is 7.20. The summed E-state index contributed by atoms with van der Waals surface area (Å²) in [6.45, 7) is 12.6. The van der Waals surface area contributed by atoms with Gasteiger partial charge in [-0.3, -0.25) is 9.80 Å². The lowest BCUT2D eigenvalue weighted by Crippen LogP contribution is -2.43. The highest BCUT2D eigenvalue weighted by Gasteiger charge is 2.33. The van der Waals surface area contributed by atoms with Crippen molar-refractivity contribution in [3.63, 3.8) is 0 Å². The van der Waals surface area contributed by atoms with Crippen LogP contribution in [0, 0.1) is 5.92 Å². The first-order chi connectivity index (χ1) is 13.7. The normalized spacial score (nSPS) is 21.5. The van der Waals surface area contributed by atoms with Crippen molar-refractivity contribution < 1.29 is 9.53 Å². The molecular formula is C24H39N3O2. The Bertz CT molecular complexity index is 660. The minimum absolute atomic E-state index is 0.190. The molecule has 0 spiro atoms. The van der Waals surface area contributed by atoms with E-state index in [1.165, 1.54) is 24.8 Å². The molecule has 1 aliphatic heterocycles. The number of hydrogen-bond acceptors (Lipinski definition) is 4. The Morgan fingerprint density at radius 3 is 2.45 bits per heavy atom. The van der Waals surface area contributed by atoms with Crippen LogP contribution in [0.1, 0.15) is 91.2 Å². The van der Waals surface area contributed by atoms with Crippen molar-refractivity contribution in [3.8, 4) is 0 Å². The number of aromatic nitrogens is 1. The zero-order chi connectivity index (χ0) is 21.0. The van der Waals surface area contributed by atoms with Crippen LogP contribution in [0.2, 0.25) is 0 Å². The monoisotopic (exact) mass is 401 g/mol. The van der Waals surface area contributed by atoms with E-state index in [2.05, 4.69) is 24.8 Å². The van der Waals surface area contributed by atoms with E-state index >= 15 is 0 Å². The molecule has 5 nitrogen and oxygen atoms in total. The SMILES string of the molecule is CC(C)CN1CCCCC1c1ccc(N(C(=O)OC(C)(C)C)C2CCCC2)nc1. The summed E-state index contributed by atoms with van der Waals surface area (Å²) in [7, 11) is 0. The van der Waals surface area contributed by atoms with Gasteiger partial charge in [0.15, 0.2) is 0 Å². The molecule has 2 fully saturated rings. The van der Waals surface area contributed by atoms with Gasteiger partial charge in [-0.05, 0) is 70.5 Å². The molecule has 162 valence electrons. The fraction of sp³-hybridized carbons (Fsp3) is 0.750. The number of rotatable bonds is 5. The number of likely N-dealkylation sites (tertiary alicyclic amines) is 1. The van der Waals surface area contributed by atoms with Crippen LogP contribution in [-0.2, 0) is 4.74 Å². The average Bonchev–Trinajstić information content (AvgIpc) is 3.15. The third-order valence-electron chi connectivity index (χ3n) is 5.90. The van der Waals surface area contributed by atoms with Crippen molar-refractivity contribution in [2.75, 3.05) is 18.0 Å². The summed E-state index contributed by atoms with van der Waals surface area (Å²) in [5.74, 6) is 1.38. The molecule has 1 atom stereocenters. The number of nitrogens with zero attached hydrogens (tertiary/aromatic N) is 3. The number of pyridine rings is 1. The third kappa shape index (κ3) is 5.94. The van der Waals surface area contributed by atoms with Gasteiger partial charge in [-0.1, -0.05) is 39.2 Å². The molecule has 3 rings (SSSR count). The van der Waals surface area contributed by atoms with E-state index in [0.29, 0.717) is 12.0 Å². The topological polar surface area (TPSA) is 45.7 Å². The number of carbonyl (C=O) groups is 1. The molecule has 1 aromatic rings. The van der Waals surface area contributed by atoms with Crippen LogP contribution in [0.25, 0.3) is 0 Å². The predicted octanol–water partition coefficient (Wildman–Crippen LogP) is 5.95. The van der Waals surface area contributed by atoms with Crippen LogP contribution in [0.4, 0.5) is 10.6 Å². The van der Waals surface area contributed by atoms with Gasteiger partial charge in [-0.2, -0.15) is 0 Å². The van der Waals surface area contributed by atoms with Gasteiger partial charge in [0.25, 0.3) is 0 Å². The Morgan fingerprint density at radius 1 is 1.17 bits per heavy atom. The molecule has 1 amide bonds. The molecule has 1 aromatic heterocycles. The van der Waals surface area contributed by atoms with E-state index in [0.717, 1.165) is 44.6 Å². The van der Waals surface area contributed by atoms with Gasteiger partial charge in [-0.15, -0.1) is 0 Å². The van der Waals surface area contributed by atoms with Gasteiger partial charge in [0.1, 0.15) is 11.4 Å². The van der Waals surface area contributed by atoms with Crippen molar-refractivity contribution >= 4 is 11.9 Å². The number of ether oxygens (including phenoxy) is 1. The molecule has 1 saturated carbocycles. The molecule has 1 aliphatic carbocycles. The summed E-state index contributed by atoms with van der Waals surface area (Å²) in [4.78, 5) is 22.1. The van der Waals surface area contributed by atoms with Gasteiger partial charge >= 0.3 is 6.09 Å². The minimum atomic E-state index is -0.507. The van der Waals surface area contributed by atoms with Gasteiger partial charge in [0.2, 0.25) is 0 Å². The maximum Gasteiger partial charge on any atom is 0.416 e. The molecule has 0 radical (unpaired) electrons. The van der Waals surface area contributed by atoms with Gasteiger partial charge in [0, 0.05) is 24.8 Å². The highest BCUT2D eigenvalue weighted by molar-refractivity contribution is 5.87. The molecule has 29 heavy (non-hydrogen) atoms. The van der Waals surface area contributed by atoms with Gasteiger partial charge in [-0.25, -0.2) is 9.78 Å². The Labute approximate surface area is 176 Å². The molecule has 2 aliphatic rings. The second-order valence-electron chi connectivity index (χ2n) is 10.1. The number of hydrogen-bond donors (Lipinski definition) is 0. The molecule has 0 N–H and O–H groups in total. The summed E-state index contributed by atoms with van der Waals surface area (Å²) < 4.78 is 5.71. The Balaban J connectivity index is 1.80. The number of anilines is 1. The second-order valence-corrected chi connectivity index (χ2v) is 10.1. The molecule has 0 bridgehead atoms. The van der Waals surface area contributed by atoms with Crippen LogP contribution in [0.3, 0.4) is 0 Å². The highest BCUT2D eigenvalue weighted by Crippen LogP contribution is 2.33. The van der Waals surface area contributed by atoms with Gasteiger partial charge in [0.05, 0.1) is 0 Å². The van der Waals surface area contributed by atoms with E-state index in [1.54, 1.807) is 4.90 Å². The first kappa shape index (κ1) is 22.1. The summed E-state index contributed by atoms with van der Waals surface area (Å²) >= 11 is 0. The first-order valence-corrected chi connectivity index (χ1v) is 11.5. The third-order valence-corrected chi connectivity index (χ3v) is 5.90. The maximum absolute atomic E-state index is 13.0. The van der Waals surface area contributed by atoms with Gasteiger partial charge < -0.3 is 4.74 Å². The Hall–Kier alpha value is -1.62. The lowest BCUT2D eigenvalue weighted by atomic mass is 9.95. The zero-order valence-electron chi connectivity index (χ0n) is 19.0. The standard InChI is InChI=1S/C24H39N3O2/c1-18(2)17-26-15-9-8-12-21(26)19-13-14-22(25-16-19)27(20-10-6-7-11-20)23(28)29-24(3,4)5/h13-14,16,18,20-21H,6-12,15,17H2,1-5H3. The fourth-order valence-electron chi connectivity index (χ4n) is 4.70. The molecule has 2 heterocycles. The largest absolute Gasteiger partial charge is 0.443 e. The Morgan fingerprint density at radius 2 is 1.86 bits per heavy atom. The number of amides is 1. The smallest absolute Gasteiger partial charge is 0.416 e. The minimum Gasteiger partial charge on any atom is -0.443 e. The van der Waals surface area contributed by atoms with Crippen LogP contribution in [0.5, 0.6) is 0 Å². The second kappa shape index (κ2) is 9.46. The first-order valence-electron chi connectivity index (χ1n) is 11.5. The van der Waals surface area contributed by atoms with Crippen LogP contribution in [0.15, 0.2) is 18.3 Å². The quantitative estimate of drug-likeness (QED) is 0.612. The van der Waals surface area contributed by atoms with Crippen molar-refractivity contribution in [2.45, 2.75) is 97.2 Å².